The lowest BCUT2D eigenvalue weighted by atomic mass is 10.3. The van der Waals surface area contributed by atoms with Crippen LogP contribution in [0, 0.1) is 5.82 Å². The van der Waals surface area contributed by atoms with Crippen molar-refractivity contribution in [3.05, 3.63) is 24.0 Å². The smallest absolute Gasteiger partial charge is 0.240 e. The summed E-state index contributed by atoms with van der Waals surface area (Å²) in [6, 6.07) is 3.19. The van der Waals surface area contributed by atoms with E-state index in [-0.39, 0.29) is 17.1 Å². The van der Waals surface area contributed by atoms with Gasteiger partial charge in [0.25, 0.3) is 0 Å². The Kier molecular flexibility index (Phi) is 3.07. The van der Waals surface area contributed by atoms with Crippen molar-refractivity contribution in [2.45, 2.75) is 11.8 Å². The maximum atomic E-state index is 12.8. The number of anilines is 1. The molecule has 6 heteroatoms. The van der Waals surface area contributed by atoms with Gasteiger partial charge in [-0.1, -0.05) is 6.92 Å². The Balaban J connectivity index is 3.19. The van der Waals surface area contributed by atoms with Crippen molar-refractivity contribution < 1.29 is 12.8 Å². The van der Waals surface area contributed by atoms with Gasteiger partial charge in [0.2, 0.25) is 10.0 Å². The summed E-state index contributed by atoms with van der Waals surface area (Å²) < 4.78 is 37.9. The first-order valence-electron chi connectivity index (χ1n) is 4.01. The molecule has 0 fully saturated rings. The third-order valence-corrected chi connectivity index (χ3v) is 3.06. The Labute approximate surface area is 82.0 Å². The fourth-order valence-electron chi connectivity index (χ4n) is 1.01. The molecule has 1 rings (SSSR count). The first kappa shape index (κ1) is 10.9. The van der Waals surface area contributed by atoms with Crippen LogP contribution in [0.5, 0.6) is 0 Å². The van der Waals surface area contributed by atoms with E-state index in [1.807, 2.05) is 0 Å². The molecule has 0 saturated heterocycles. The highest BCUT2D eigenvalue weighted by molar-refractivity contribution is 7.89. The van der Waals surface area contributed by atoms with Crippen LogP contribution in [0.4, 0.5) is 10.1 Å². The number of nitrogen functional groups attached to an aromatic ring is 1. The van der Waals surface area contributed by atoms with E-state index in [9.17, 15) is 12.8 Å². The minimum atomic E-state index is -3.63. The zero-order chi connectivity index (χ0) is 10.8. The number of benzene rings is 1. The lowest BCUT2D eigenvalue weighted by Gasteiger charge is -2.05. The molecule has 14 heavy (non-hydrogen) atoms. The number of hydrogen-bond donors (Lipinski definition) is 2. The van der Waals surface area contributed by atoms with Crippen LogP contribution in [0.3, 0.4) is 0 Å². The predicted octanol–water partition coefficient (Wildman–Crippen LogP) is 0.706. The topological polar surface area (TPSA) is 72.2 Å². The highest BCUT2D eigenvalue weighted by Crippen LogP contribution is 2.15. The van der Waals surface area contributed by atoms with Gasteiger partial charge in [-0.2, -0.15) is 0 Å². The number of halogens is 1. The maximum absolute atomic E-state index is 12.8. The van der Waals surface area contributed by atoms with Crippen molar-refractivity contribution in [3.8, 4) is 0 Å². The summed E-state index contributed by atoms with van der Waals surface area (Å²) in [6.45, 7) is 1.89. The van der Waals surface area contributed by atoms with Crippen LogP contribution in [-0.4, -0.2) is 15.0 Å². The minimum Gasteiger partial charge on any atom is -0.399 e. The van der Waals surface area contributed by atoms with Gasteiger partial charge in [-0.05, 0) is 18.2 Å². The van der Waals surface area contributed by atoms with Gasteiger partial charge >= 0.3 is 0 Å². The predicted molar refractivity (Wildman–Crippen MR) is 51.7 cm³/mol. The van der Waals surface area contributed by atoms with Gasteiger partial charge in [-0.25, -0.2) is 17.5 Å². The number of nitrogens with two attached hydrogens (primary N) is 1. The quantitative estimate of drug-likeness (QED) is 0.734. The van der Waals surface area contributed by atoms with E-state index in [4.69, 9.17) is 5.73 Å². The fraction of sp³-hybridized carbons (Fsp3) is 0.250. The lowest BCUT2D eigenvalue weighted by molar-refractivity contribution is 0.580. The molecule has 0 unspecified atom stereocenters. The van der Waals surface area contributed by atoms with E-state index in [1.54, 1.807) is 6.92 Å². The van der Waals surface area contributed by atoms with Gasteiger partial charge in [0.1, 0.15) is 5.82 Å². The molecule has 0 bridgehead atoms. The summed E-state index contributed by atoms with van der Waals surface area (Å²) in [4.78, 5) is -0.156. The first-order valence-corrected chi connectivity index (χ1v) is 5.50. The third-order valence-electron chi connectivity index (χ3n) is 1.54. The van der Waals surface area contributed by atoms with Gasteiger partial charge in [0, 0.05) is 12.2 Å². The average molecular weight is 218 g/mol. The van der Waals surface area contributed by atoms with E-state index in [2.05, 4.69) is 4.72 Å². The van der Waals surface area contributed by atoms with E-state index >= 15 is 0 Å². The molecule has 1 aromatic carbocycles. The number of rotatable bonds is 3. The SMILES string of the molecule is CCNS(=O)(=O)c1cc(N)cc(F)c1. The number of hydrogen-bond acceptors (Lipinski definition) is 3. The Hall–Kier alpha value is -1.14. The zero-order valence-electron chi connectivity index (χ0n) is 7.62. The van der Waals surface area contributed by atoms with Crippen LogP contribution in [0.25, 0.3) is 0 Å². The normalized spacial score (nSPS) is 11.6. The van der Waals surface area contributed by atoms with E-state index < -0.39 is 15.8 Å². The molecule has 78 valence electrons. The van der Waals surface area contributed by atoms with Gasteiger partial charge in [0.15, 0.2) is 0 Å². The molecule has 4 nitrogen and oxygen atoms in total. The largest absolute Gasteiger partial charge is 0.399 e. The van der Waals surface area contributed by atoms with Crippen molar-refractivity contribution in [1.29, 1.82) is 0 Å². The van der Waals surface area contributed by atoms with E-state index in [1.165, 1.54) is 6.07 Å². The summed E-state index contributed by atoms with van der Waals surface area (Å²) in [5, 5.41) is 0. The number of sulfonamides is 1. The van der Waals surface area contributed by atoms with Crippen LogP contribution in [0.15, 0.2) is 23.1 Å². The highest BCUT2D eigenvalue weighted by Gasteiger charge is 2.13. The monoisotopic (exact) mass is 218 g/mol. The van der Waals surface area contributed by atoms with Crippen molar-refractivity contribution >= 4 is 15.7 Å². The highest BCUT2D eigenvalue weighted by atomic mass is 32.2. The second kappa shape index (κ2) is 3.93. The molecular formula is C8H11FN2O2S. The van der Waals surface area contributed by atoms with Crippen molar-refractivity contribution in [1.82, 2.24) is 4.72 Å². The molecule has 0 amide bonds. The first-order chi connectivity index (χ1) is 6.45. The van der Waals surface area contributed by atoms with Crippen molar-refractivity contribution in [2.75, 3.05) is 12.3 Å². The van der Waals surface area contributed by atoms with Gasteiger partial charge < -0.3 is 5.73 Å². The molecule has 0 atom stereocenters. The summed E-state index contributed by atoms with van der Waals surface area (Å²) in [5.41, 5.74) is 5.40. The third kappa shape index (κ3) is 2.43. The Morgan fingerprint density at radius 3 is 2.57 bits per heavy atom. The van der Waals surface area contributed by atoms with E-state index in [0.29, 0.717) is 0 Å². The Morgan fingerprint density at radius 2 is 2.07 bits per heavy atom. The van der Waals surface area contributed by atoms with Gasteiger partial charge in [0.05, 0.1) is 4.90 Å². The molecule has 0 aliphatic carbocycles. The summed E-state index contributed by atoms with van der Waals surface area (Å²) >= 11 is 0. The molecule has 0 heterocycles. The summed E-state index contributed by atoms with van der Waals surface area (Å²) in [7, 11) is -3.63. The Morgan fingerprint density at radius 1 is 1.43 bits per heavy atom. The lowest BCUT2D eigenvalue weighted by Crippen LogP contribution is -2.23. The van der Waals surface area contributed by atoms with Crippen LogP contribution in [-0.2, 0) is 10.0 Å². The molecule has 0 aliphatic heterocycles. The molecule has 0 spiro atoms. The second-order valence-electron chi connectivity index (χ2n) is 2.72. The van der Waals surface area contributed by atoms with Crippen molar-refractivity contribution in [3.63, 3.8) is 0 Å². The summed E-state index contributed by atoms with van der Waals surface area (Å²) in [5.74, 6) is -0.665. The van der Waals surface area contributed by atoms with Crippen LogP contribution >= 0.6 is 0 Å². The molecule has 3 N–H and O–H groups in total. The molecule has 0 aromatic heterocycles. The zero-order valence-corrected chi connectivity index (χ0v) is 8.44. The minimum absolute atomic E-state index is 0.0847. The Bertz CT molecular complexity index is 411. The van der Waals surface area contributed by atoms with Crippen LogP contribution in [0.1, 0.15) is 6.92 Å². The van der Waals surface area contributed by atoms with E-state index in [0.717, 1.165) is 12.1 Å². The second-order valence-corrected chi connectivity index (χ2v) is 4.49. The molecule has 1 aromatic rings. The van der Waals surface area contributed by atoms with Crippen LogP contribution < -0.4 is 10.5 Å². The average Bonchev–Trinajstić information content (AvgIpc) is 2.02. The van der Waals surface area contributed by atoms with Crippen LogP contribution in [0.2, 0.25) is 0 Å². The fourth-order valence-corrected chi connectivity index (χ4v) is 2.12. The summed E-state index contributed by atoms with van der Waals surface area (Å²) in [6.07, 6.45) is 0. The van der Waals surface area contributed by atoms with Gasteiger partial charge in [-0.15, -0.1) is 0 Å². The van der Waals surface area contributed by atoms with Gasteiger partial charge in [-0.3, -0.25) is 0 Å². The maximum Gasteiger partial charge on any atom is 0.240 e. The van der Waals surface area contributed by atoms with Crippen molar-refractivity contribution in [2.24, 2.45) is 0 Å². The molecular weight excluding hydrogens is 207 g/mol. The molecule has 0 aliphatic rings. The standard InChI is InChI=1S/C8H11FN2O2S/c1-2-11-14(12,13)8-4-6(9)3-7(10)5-8/h3-5,11H,2,10H2,1H3. The number of nitrogens with one attached hydrogen (secondary N) is 1. The molecule has 0 saturated carbocycles. The molecule has 0 radical (unpaired) electrons.